The highest BCUT2D eigenvalue weighted by atomic mass is 19.4. The van der Waals surface area contributed by atoms with E-state index in [2.05, 4.69) is 0 Å². The van der Waals surface area contributed by atoms with Crippen LogP contribution >= 0.6 is 0 Å². The van der Waals surface area contributed by atoms with Crippen molar-refractivity contribution in [1.29, 1.82) is 0 Å². The molecule has 0 unspecified atom stereocenters. The normalized spacial score (nSPS) is 12.9. The van der Waals surface area contributed by atoms with Crippen molar-refractivity contribution < 1.29 is 26.3 Å². The van der Waals surface area contributed by atoms with E-state index in [9.17, 15) is 31.1 Å². The average Bonchev–Trinajstić information content (AvgIpc) is 2.24. The Morgan fingerprint density at radius 2 is 1.53 bits per heavy atom. The highest BCUT2D eigenvalue weighted by molar-refractivity contribution is 5.79. The van der Waals surface area contributed by atoms with Crippen molar-refractivity contribution in [3.05, 3.63) is 45.7 Å². The Morgan fingerprint density at radius 1 is 0.895 bits per heavy atom. The molecule has 0 aliphatic heterocycles. The van der Waals surface area contributed by atoms with Crippen molar-refractivity contribution >= 4 is 10.9 Å². The molecular weight excluding hydrogens is 276 g/mol. The highest BCUT2D eigenvalue weighted by Crippen LogP contribution is 2.32. The molecule has 0 atom stereocenters. The van der Waals surface area contributed by atoms with Gasteiger partial charge in [-0.1, -0.05) is 6.07 Å². The van der Waals surface area contributed by atoms with E-state index >= 15 is 0 Å². The van der Waals surface area contributed by atoms with E-state index in [0.29, 0.717) is 18.2 Å². The van der Waals surface area contributed by atoms with E-state index in [1.54, 1.807) is 4.98 Å². The van der Waals surface area contributed by atoms with Crippen molar-refractivity contribution in [2.24, 2.45) is 0 Å². The van der Waals surface area contributed by atoms with Crippen LogP contribution in [-0.4, -0.2) is 4.98 Å². The van der Waals surface area contributed by atoms with Crippen molar-refractivity contribution in [3.63, 3.8) is 0 Å². The van der Waals surface area contributed by atoms with Gasteiger partial charge in [-0.05, 0) is 23.6 Å². The molecule has 0 spiro atoms. The number of nitrogens with one attached hydrogen (secondary N) is 1. The second-order valence-electron chi connectivity index (χ2n) is 3.81. The van der Waals surface area contributed by atoms with Gasteiger partial charge in [-0.2, -0.15) is 26.3 Å². The lowest BCUT2D eigenvalue weighted by molar-refractivity contribution is -0.139. The Bertz CT molecular complexity index is 682. The summed E-state index contributed by atoms with van der Waals surface area (Å²) in [4.78, 5) is 13.0. The third kappa shape index (κ3) is 2.56. The number of pyridine rings is 1. The van der Waals surface area contributed by atoms with E-state index in [4.69, 9.17) is 0 Å². The number of aromatic nitrogens is 1. The lowest BCUT2D eigenvalue weighted by Gasteiger charge is -2.09. The minimum absolute atomic E-state index is 0.125. The number of halogens is 6. The average molecular weight is 281 g/mol. The highest BCUT2D eigenvalue weighted by Gasteiger charge is 2.35. The lowest BCUT2D eigenvalue weighted by Crippen LogP contribution is -2.21. The maximum Gasteiger partial charge on any atom is 0.421 e. The standard InChI is InChI=1S/C11H5F6NO/c12-10(13,14)6-2-1-5-3-7(11(15,16)17)9(19)18-8(5)4-6/h1-4H,(H,18,19). The van der Waals surface area contributed by atoms with Crippen LogP contribution in [0.15, 0.2) is 29.1 Å². The van der Waals surface area contributed by atoms with Gasteiger partial charge in [0.1, 0.15) is 5.56 Å². The monoisotopic (exact) mass is 281 g/mol. The van der Waals surface area contributed by atoms with Crippen LogP contribution in [0.3, 0.4) is 0 Å². The minimum Gasteiger partial charge on any atom is -0.321 e. The van der Waals surface area contributed by atoms with Gasteiger partial charge >= 0.3 is 12.4 Å². The van der Waals surface area contributed by atoms with Gasteiger partial charge in [0.2, 0.25) is 0 Å². The summed E-state index contributed by atoms with van der Waals surface area (Å²) in [7, 11) is 0. The Kier molecular flexibility index (Phi) is 2.83. The van der Waals surface area contributed by atoms with Crippen LogP contribution in [-0.2, 0) is 12.4 Å². The van der Waals surface area contributed by atoms with Crippen LogP contribution in [0.4, 0.5) is 26.3 Å². The summed E-state index contributed by atoms with van der Waals surface area (Å²) < 4.78 is 74.6. The Labute approximate surface area is 101 Å². The molecule has 0 aliphatic rings. The predicted molar refractivity (Wildman–Crippen MR) is 54.6 cm³/mol. The van der Waals surface area contributed by atoms with E-state index in [-0.39, 0.29) is 10.9 Å². The maximum absolute atomic E-state index is 12.4. The van der Waals surface area contributed by atoms with Gasteiger partial charge in [-0.3, -0.25) is 4.79 Å². The number of hydrogen-bond donors (Lipinski definition) is 1. The molecule has 2 nitrogen and oxygen atoms in total. The molecule has 0 bridgehead atoms. The summed E-state index contributed by atoms with van der Waals surface area (Å²) in [5.41, 5.74) is -4.26. The zero-order valence-corrected chi connectivity index (χ0v) is 8.99. The number of H-pyrrole nitrogens is 1. The van der Waals surface area contributed by atoms with Crippen LogP contribution < -0.4 is 5.56 Å². The van der Waals surface area contributed by atoms with E-state index in [1.807, 2.05) is 0 Å². The molecule has 0 amide bonds. The summed E-state index contributed by atoms with van der Waals surface area (Å²) in [6.45, 7) is 0. The zero-order valence-electron chi connectivity index (χ0n) is 8.99. The van der Waals surface area contributed by atoms with E-state index < -0.39 is 29.0 Å². The van der Waals surface area contributed by atoms with Crippen molar-refractivity contribution in [2.75, 3.05) is 0 Å². The number of benzene rings is 1. The second kappa shape index (κ2) is 4.01. The molecule has 0 radical (unpaired) electrons. The number of alkyl halides is 6. The van der Waals surface area contributed by atoms with Crippen LogP contribution in [0, 0.1) is 0 Å². The minimum atomic E-state index is -4.86. The van der Waals surface area contributed by atoms with Gasteiger partial charge in [0.05, 0.1) is 5.56 Å². The Balaban J connectivity index is 2.69. The first-order chi connectivity index (χ1) is 8.59. The summed E-state index contributed by atoms with van der Waals surface area (Å²) >= 11 is 0. The van der Waals surface area contributed by atoms with Gasteiger partial charge in [-0.15, -0.1) is 0 Å². The van der Waals surface area contributed by atoms with Crippen LogP contribution in [0.2, 0.25) is 0 Å². The van der Waals surface area contributed by atoms with Gasteiger partial charge in [0, 0.05) is 5.52 Å². The first kappa shape index (κ1) is 13.4. The molecule has 0 saturated carbocycles. The lowest BCUT2D eigenvalue weighted by atomic mass is 10.1. The Hall–Kier alpha value is -1.99. The molecule has 1 N–H and O–H groups in total. The second-order valence-corrected chi connectivity index (χ2v) is 3.81. The number of rotatable bonds is 0. The van der Waals surface area contributed by atoms with Crippen molar-refractivity contribution in [3.8, 4) is 0 Å². The molecule has 2 rings (SSSR count). The first-order valence-corrected chi connectivity index (χ1v) is 4.90. The fourth-order valence-electron chi connectivity index (χ4n) is 1.59. The SMILES string of the molecule is O=c1[nH]c2cc(C(F)(F)F)ccc2cc1C(F)(F)F. The largest absolute Gasteiger partial charge is 0.421 e. The number of hydrogen-bond acceptors (Lipinski definition) is 1. The quantitative estimate of drug-likeness (QED) is 0.736. The molecule has 1 heterocycles. The molecule has 19 heavy (non-hydrogen) atoms. The summed E-state index contributed by atoms with van der Waals surface area (Å²) in [6, 6.07) is 2.65. The first-order valence-electron chi connectivity index (χ1n) is 4.90. The van der Waals surface area contributed by atoms with E-state index in [1.165, 1.54) is 0 Å². The topological polar surface area (TPSA) is 32.9 Å². The van der Waals surface area contributed by atoms with E-state index in [0.717, 1.165) is 6.07 Å². The van der Waals surface area contributed by atoms with Crippen molar-refractivity contribution in [1.82, 2.24) is 4.98 Å². The molecule has 2 aromatic rings. The molecule has 102 valence electrons. The fourth-order valence-corrected chi connectivity index (χ4v) is 1.59. The molecule has 1 aromatic carbocycles. The van der Waals surface area contributed by atoms with Crippen molar-refractivity contribution in [2.45, 2.75) is 12.4 Å². The molecule has 1 aromatic heterocycles. The predicted octanol–water partition coefficient (Wildman–Crippen LogP) is 3.57. The van der Waals surface area contributed by atoms with Gasteiger partial charge < -0.3 is 4.98 Å². The molecular formula is C11H5F6NO. The molecule has 0 saturated heterocycles. The maximum atomic E-state index is 12.4. The molecule has 0 aliphatic carbocycles. The zero-order chi connectivity index (χ0) is 14.4. The third-order valence-corrected chi connectivity index (χ3v) is 2.48. The summed E-state index contributed by atoms with van der Waals surface area (Å²) in [5.74, 6) is 0. The Morgan fingerprint density at radius 3 is 2.05 bits per heavy atom. The van der Waals surface area contributed by atoms with Crippen LogP contribution in [0.25, 0.3) is 10.9 Å². The molecule has 0 fully saturated rings. The van der Waals surface area contributed by atoms with Gasteiger partial charge in [-0.25, -0.2) is 0 Å². The third-order valence-electron chi connectivity index (χ3n) is 2.48. The van der Waals surface area contributed by atoms with Gasteiger partial charge in [0.15, 0.2) is 0 Å². The van der Waals surface area contributed by atoms with Gasteiger partial charge in [0.25, 0.3) is 5.56 Å². The number of aromatic amines is 1. The summed E-state index contributed by atoms with van der Waals surface area (Å²) in [6.07, 6.45) is -9.49. The summed E-state index contributed by atoms with van der Waals surface area (Å²) in [5, 5.41) is -0.125. The number of fused-ring (bicyclic) bond motifs is 1. The fraction of sp³-hybridized carbons (Fsp3) is 0.182. The smallest absolute Gasteiger partial charge is 0.321 e. The van der Waals surface area contributed by atoms with Crippen LogP contribution in [0.5, 0.6) is 0 Å². The molecule has 8 heteroatoms. The van der Waals surface area contributed by atoms with Crippen LogP contribution in [0.1, 0.15) is 11.1 Å².